The summed E-state index contributed by atoms with van der Waals surface area (Å²) in [6.45, 7) is 6.67. The van der Waals surface area contributed by atoms with Crippen molar-refractivity contribution in [3.05, 3.63) is 59.0 Å². The monoisotopic (exact) mass is 473 g/mol. The molecule has 1 aromatic heterocycles. The van der Waals surface area contributed by atoms with Crippen LogP contribution in [0.15, 0.2) is 36.4 Å². The van der Waals surface area contributed by atoms with Crippen molar-refractivity contribution in [3.8, 4) is 5.88 Å². The van der Waals surface area contributed by atoms with Crippen LogP contribution in [-0.4, -0.2) is 59.8 Å². The zero-order valence-corrected chi connectivity index (χ0v) is 20.3. The van der Waals surface area contributed by atoms with E-state index in [0.29, 0.717) is 19.0 Å². The summed E-state index contributed by atoms with van der Waals surface area (Å²) in [4.78, 5) is 35.7. The van der Waals surface area contributed by atoms with Crippen molar-refractivity contribution in [1.29, 1.82) is 0 Å². The van der Waals surface area contributed by atoms with Gasteiger partial charge in [0.15, 0.2) is 0 Å². The van der Waals surface area contributed by atoms with Gasteiger partial charge in [0.1, 0.15) is 18.0 Å². The van der Waals surface area contributed by atoms with Gasteiger partial charge in [-0.1, -0.05) is 18.2 Å². The number of hydrogen-bond donors (Lipinski definition) is 0. The molecule has 2 amide bonds. The van der Waals surface area contributed by atoms with E-state index in [4.69, 9.17) is 14.3 Å². The molecule has 2 aromatic rings. The minimum Gasteiger partial charge on any atom is -0.473 e. The number of hydrogen-bond acceptors (Lipinski definition) is 6. The number of benzene rings is 1. The molecular formula is C25H32FN3O5. The normalized spacial score (nSPS) is 14.6. The molecule has 184 valence electrons. The predicted molar refractivity (Wildman–Crippen MR) is 124 cm³/mol. The minimum absolute atomic E-state index is 0.0722. The van der Waals surface area contributed by atoms with E-state index in [2.05, 4.69) is 4.98 Å². The van der Waals surface area contributed by atoms with Crippen LogP contribution in [0.1, 0.15) is 61.1 Å². The van der Waals surface area contributed by atoms with Crippen molar-refractivity contribution >= 4 is 12.0 Å². The number of halogens is 1. The van der Waals surface area contributed by atoms with Crippen molar-refractivity contribution in [2.24, 2.45) is 0 Å². The molecule has 3 rings (SSSR count). The van der Waals surface area contributed by atoms with Gasteiger partial charge in [-0.25, -0.2) is 19.2 Å². The highest BCUT2D eigenvalue weighted by Gasteiger charge is 2.28. The highest BCUT2D eigenvalue weighted by Crippen LogP contribution is 2.29. The van der Waals surface area contributed by atoms with Crippen LogP contribution in [0, 0.1) is 5.82 Å². The van der Waals surface area contributed by atoms with Gasteiger partial charge in [0, 0.05) is 43.4 Å². The van der Waals surface area contributed by atoms with Gasteiger partial charge in [0.05, 0.1) is 12.7 Å². The van der Waals surface area contributed by atoms with E-state index in [-0.39, 0.29) is 29.7 Å². The van der Waals surface area contributed by atoms with Crippen LogP contribution in [-0.2, 0) is 16.2 Å². The van der Waals surface area contributed by atoms with Gasteiger partial charge in [-0.3, -0.25) is 9.63 Å². The number of likely N-dealkylation sites (tertiary alicyclic amines) is 1. The Morgan fingerprint density at radius 1 is 1.15 bits per heavy atom. The number of hydroxylamine groups is 2. The lowest BCUT2D eigenvalue weighted by atomic mass is 9.93. The summed E-state index contributed by atoms with van der Waals surface area (Å²) in [5, 5.41) is 0.961. The number of carbonyl (C=O) groups excluding carboxylic acids is 2. The zero-order chi connectivity index (χ0) is 24.9. The van der Waals surface area contributed by atoms with Crippen LogP contribution in [0.25, 0.3) is 0 Å². The molecule has 0 aliphatic carbocycles. The Balaban J connectivity index is 1.61. The van der Waals surface area contributed by atoms with E-state index in [1.165, 1.54) is 20.2 Å². The molecule has 1 aromatic carbocycles. The first-order valence-electron chi connectivity index (χ1n) is 11.3. The maximum Gasteiger partial charge on any atom is 0.410 e. The molecule has 0 radical (unpaired) electrons. The number of carbonyl (C=O) groups is 2. The summed E-state index contributed by atoms with van der Waals surface area (Å²) >= 11 is 0. The molecule has 2 heterocycles. The van der Waals surface area contributed by atoms with Crippen LogP contribution < -0.4 is 4.74 Å². The second-order valence-corrected chi connectivity index (χ2v) is 9.19. The molecular weight excluding hydrogens is 441 g/mol. The van der Waals surface area contributed by atoms with Gasteiger partial charge in [-0.2, -0.15) is 0 Å². The first-order chi connectivity index (χ1) is 16.1. The number of piperidine rings is 1. The quantitative estimate of drug-likeness (QED) is 0.573. The van der Waals surface area contributed by atoms with Crippen molar-refractivity contribution < 1.29 is 28.3 Å². The molecule has 34 heavy (non-hydrogen) atoms. The Labute approximate surface area is 199 Å². The number of aromatic nitrogens is 1. The minimum atomic E-state index is -0.651. The van der Waals surface area contributed by atoms with Gasteiger partial charge < -0.3 is 14.4 Å². The summed E-state index contributed by atoms with van der Waals surface area (Å²) < 4.78 is 26.1. The third-order valence-electron chi connectivity index (χ3n) is 5.55. The molecule has 1 saturated heterocycles. The van der Waals surface area contributed by atoms with Gasteiger partial charge in [-0.15, -0.1) is 0 Å². The Hall–Kier alpha value is -3.20. The molecule has 0 unspecified atom stereocenters. The van der Waals surface area contributed by atoms with Crippen molar-refractivity contribution in [3.63, 3.8) is 0 Å². The molecule has 1 aliphatic rings. The van der Waals surface area contributed by atoms with E-state index in [9.17, 15) is 14.0 Å². The highest BCUT2D eigenvalue weighted by molar-refractivity contribution is 5.93. The highest BCUT2D eigenvalue weighted by atomic mass is 19.1. The summed E-state index contributed by atoms with van der Waals surface area (Å²) in [6.07, 6.45) is 1.23. The number of nitrogens with zero attached hydrogens (tertiary/aromatic N) is 3. The van der Waals surface area contributed by atoms with E-state index in [1.54, 1.807) is 23.1 Å². The lowest BCUT2D eigenvalue weighted by Crippen LogP contribution is -2.41. The van der Waals surface area contributed by atoms with Crippen LogP contribution >= 0.6 is 0 Å². The first-order valence-corrected chi connectivity index (χ1v) is 11.3. The molecule has 0 N–H and O–H groups in total. The van der Waals surface area contributed by atoms with Gasteiger partial charge >= 0.3 is 6.09 Å². The fourth-order valence-electron chi connectivity index (χ4n) is 3.68. The smallest absolute Gasteiger partial charge is 0.410 e. The molecule has 8 nitrogen and oxygen atoms in total. The topological polar surface area (TPSA) is 81.2 Å². The number of pyridine rings is 1. The average Bonchev–Trinajstić information content (AvgIpc) is 2.81. The zero-order valence-electron chi connectivity index (χ0n) is 20.3. The Bertz CT molecular complexity index is 1020. The molecule has 0 saturated carbocycles. The Kier molecular flexibility index (Phi) is 8.09. The summed E-state index contributed by atoms with van der Waals surface area (Å²) in [7, 11) is 2.75. The van der Waals surface area contributed by atoms with Crippen molar-refractivity contribution in [1.82, 2.24) is 14.9 Å². The summed E-state index contributed by atoms with van der Waals surface area (Å²) in [6, 6.07) is 10.1. The van der Waals surface area contributed by atoms with Crippen LogP contribution in [0.2, 0.25) is 0 Å². The predicted octanol–water partition coefficient (Wildman–Crippen LogP) is 4.55. The fourth-order valence-corrected chi connectivity index (χ4v) is 3.68. The number of rotatable bonds is 6. The Morgan fingerprint density at radius 3 is 2.47 bits per heavy atom. The van der Waals surface area contributed by atoms with E-state index in [0.717, 1.165) is 23.6 Å². The number of ether oxygens (including phenoxy) is 2. The number of amides is 2. The lowest BCUT2D eigenvalue weighted by Gasteiger charge is -2.33. The molecule has 0 atom stereocenters. The van der Waals surface area contributed by atoms with E-state index >= 15 is 0 Å². The Morgan fingerprint density at radius 2 is 1.82 bits per heavy atom. The van der Waals surface area contributed by atoms with Crippen LogP contribution in [0.4, 0.5) is 9.18 Å². The van der Waals surface area contributed by atoms with Gasteiger partial charge in [0.2, 0.25) is 5.88 Å². The second-order valence-electron chi connectivity index (χ2n) is 9.19. The maximum absolute atomic E-state index is 14.9. The summed E-state index contributed by atoms with van der Waals surface area (Å²) in [5.74, 6) is -0.677. The van der Waals surface area contributed by atoms with E-state index in [1.807, 2.05) is 32.9 Å². The van der Waals surface area contributed by atoms with E-state index < -0.39 is 17.3 Å². The van der Waals surface area contributed by atoms with Gasteiger partial charge in [0.25, 0.3) is 5.91 Å². The fraction of sp³-hybridized carbons (Fsp3) is 0.480. The largest absolute Gasteiger partial charge is 0.473 e. The van der Waals surface area contributed by atoms with Crippen molar-refractivity contribution in [2.45, 2.75) is 51.7 Å². The lowest BCUT2D eigenvalue weighted by molar-refractivity contribution is -0.0759. The molecule has 1 aliphatic heterocycles. The van der Waals surface area contributed by atoms with Crippen LogP contribution in [0.5, 0.6) is 5.88 Å². The SMILES string of the molecule is CON(C)C(=O)c1cccc(COc2cccc(C3CCN(C(=O)OC(C)(C)C)CC3)n2)c1F. The maximum atomic E-state index is 14.9. The van der Waals surface area contributed by atoms with Crippen molar-refractivity contribution in [2.75, 3.05) is 27.2 Å². The first kappa shape index (κ1) is 25.4. The third kappa shape index (κ3) is 6.44. The standard InChI is InChI=1S/C25H32FN3O5/c1-25(2,3)34-24(31)29-14-12-17(13-15-29)20-10-7-11-21(27-20)33-16-18-8-6-9-19(22(18)26)23(30)28(4)32-5/h6-11,17H,12-16H2,1-5H3. The molecule has 1 fully saturated rings. The second kappa shape index (κ2) is 10.8. The molecule has 9 heteroatoms. The third-order valence-corrected chi connectivity index (χ3v) is 5.55. The summed E-state index contributed by atoms with van der Waals surface area (Å²) in [5.41, 5.74) is 0.497. The van der Waals surface area contributed by atoms with Gasteiger partial charge in [-0.05, 0) is 45.7 Å². The molecule has 0 spiro atoms. The van der Waals surface area contributed by atoms with Crippen LogP contribution in [0.3, 0.4) is 0 Å². The average molecular weight is 474 g/mol. The molecule has 0 bridgehead atoms.